The van der Waals surface area contributed by atoms with Crippen molar-refractivity contribution in [1.82, 2.24) is 0 Å². The molecule has 0 fully saturated rings. The molecule has 92 valence electrons. The number of benzene rings is 2. The van der Waals surface area contributed by atoms with Crippen LogP contribution in [0.3, 0.4) is 0 Å². The second-order valence-corrected chi connectivity index (χ2v) is 4.20. The molecule has 1 amide bonds. The van der Waals surface area contributed by atoms with Crippen molar-refractivity contribution < 1.29 is 9.53 Å². The number of ether oxygens (including phenoxy) is 1. The SMILES string of the molecule is NC(=O)C(Oc1ccc(Cl)cc1)c1ccccc1. The lowest BCUT2D eigenvalue weighted by molar-refractivity contribution is -0.125. The Morgan fingerprint density at radius 2 is 1.67 bits per heavy atom. The van der Waals surface area contributed by atoms with Crippen LogP contribution in [0.5, 0.6) is 5.75 Å². The Kier molecular flexibility index (Phi) is 3.85. The van der Waals surface area contributed by atoms with Crippen LogP contribution in [0.15, 0.2) is 54.6 Å². The number of hydrogen-bond donors (Lipinski definition) is 1. The number of carbonyl (C=O) groups is 1. The first kappa shape index (κ1) is 12.5. The van der Waals surface area contributed by atoms with Crippen molar-refractivity contribution in [1.29, 1.82) is 0 Å². The van der Waals surface area contributed by atoms with Gasteiger partial charge in [0.2, 0.25) is 6.10 Å². The van der Waals surface area contributed by atoms with Gasteiger partial charge in [0.15, 0.2) is 0 Å². The van der Waals surface area contributed by atoms with Crippen LogP contribution in [0.4, 0.5) is 0 Å². The molecule has 2 aromatic carbocycles. The van der Waals surface area contributed by atoms with Gasteiger partial charge < -0.3 is 10.5 Å². The van der Waals surface area contributed by atoms with Crippen LogP contribution in [0.25, 0.3) is 0 Å². The Balaban J connectivity index is 2.22. The van der Waals surface area contributed by atoms with E-state index in [2.05, 4.69) is 0 Å². The predicted octanol–water partition coefficient (Wildman–Crippen LogP) is 2.95. The molecule has 4 heteroatoms. The second-order valence-electron chi connectivity index (χ2n) is 3.76. The quantitative estimate of drug-likeness (QED) is 0.920. The minimum absolute atomic E-state index is 0.531. The molecular weight excluding hydrogens is 250 g/mol. The highest BCUT2D eigenvalue weighted by atomic mass is 35.5. The number of carbonyl (C=O) groups excluding carboxylic acids is 1. The molecule has 0 aliphatic heterocycles. The minimum atomic E-state index is -0.799. The maximum atomic E-state index is 11.4. The molecule has 0 aliphatic carbocycles. The normalized spacial score (nSPS) is 11.8. The fourth-order valence-corrected chi connectivity index (χ4v) is 1.69. The summed E-state index contributed by atoms with van der Waals surface area (Å²) in [5.74, 6) is 0.0169. The Bertz CT molecular complexity index is 525. The molecule has 1 unspecified atom stereocenters. The van der Waals surface area contributed by atoms with Gasteiger partial charge in [0.05, 0.1) is 0 Å². The van der Waals surface area contributed by atoms with Gasteiger partial charge >= 0.3 is 0 Å². The van der Waals surface area contributed by atoms with Crippen molar-refractivity contribution in [2.24, 2.45) is 5.73 Å². The molecule has 0 saturated carbocycles. The monoisotopic (exact) mass is 261 g/mol. The smallest absolute Gasteiger partial charge is 0.263 e. The molecule has 18 heavy (non-hydrogen) atoms. The maximum absolute atomic E-state index is 11.4. The summed E-state index contributed by atoms with van der Waals surface area (Å²) in [4.78, 5) is 11.4. The maximum Gasteiger partial charge on any atom is 0.263 e. The predicted molar refractivity (Wildman–Crippen MR) is 70.5 cm³/mol. The lowest BCUT2D eigenvalue weighted by Crippen LogP contribution is -2.26. The van der Waals surface area contributed by atoms with Crippen molar-refractivity contribution in [2.45, 2.75) is 6.10 Å². The van der Waals surface area contributed by atoms with Gasteiger partial charge in [-0.15, -0.1) is 0 Å². The molecule has 0 aromatic heterocycles. The van der Waals surface area contributed by atoms with Crippen LogP contribution in [0, 0.1) is 0 Å². The molecule has 0 aliphatic rings. The van der Waals surface area contributed by atoms with Crippen LogP contribution >= 0.6 is 11.6 Å². The molecule has 0 spiro atoms. The zero-order chi connectivity index (χ0) is 13.0. The summed E-state index contributed by atoms with van der Waals surface area (Å²) in [6, 6.07) is 15.9. The molecule has 3 nitrogen and oxygen atoms in total. The molecule has 2 rings (SSSR count). The van der Waals surface area contributed by atoms with E-state index in [0.717, 1.165) is 5.56 Å². The third-order valence-corrected chi connectivity index (χ3v) is 2.68. The van der Waals surface area contributed by atoms with Gasteiger partial charge in [-0.2, -0.15) is 0 Å². The van der Waals surface area contributed by atoms with Crippen molar-refractivity contribution >= 4 is 17.5 Å². The summed E-state index contributed by atoms with van der Waals surface area (Å²) < 4.78 is 5.58. The van der Waals surface area contributed by atoms with Crippen LogP contribution in [-0.4, -0.2) is 5.91 Å². The number of primary amides is 1. The zero-order valence-electron chi connectivity index (χ0n) is 9.55. The highest BCUT2D eigenvalue weighted by Gasteiger charge is 2.19. The van der Waals surface area contributed by atoms with Gasteiger partial charge in [-0.3, -0.25) is 4.79 Å². The average molecular weight is 262 g/mol. The average Bonchev–Trinajstić information content (AvgIpc) is 2.38. The topological polar surface area (TPSA) is 52.3 Å². The van der Waals surface area contributed by atoms with E-state index in [1.165, 1.54) is 0 Å². The molecule has 0 heterocycles. The van der Waals surface area contributed by atoms with Crippen LogP contribution in [-0.2, 0) is 4.79 Å². The van der Waals surface area contributed by atoms with Gasteiger partial charge in [-0.25, -0.2) is 0 Å². The number of hydrogen-bond acceptors (Lipinski definition) is 2. The lowest BCUT2D eigenvalue weighted by Gasteiger charge is -2.16. The lowest BCUT2D eigenvalue weighted by atomic mass is 10.1. The van der Waals surface area contributed by atoms with Gasteiger partial charge in [0, 0.05) is 10.6 Å². The molecule has 0 saturated heterocycles. The first-order chi connectivity index (χ1) is 8.66. The summed E-state index contributed by atoms with van der Waals surface area (Å²) in [6.07, 6.45) is -0.799. The molecule has 2 N–H and O–H groups in total. The van der Waals surface area contributed by atoms with Gasteiger partial charge in [-0.1, -0.05) is 41.9 Å². The highest BCUT2D eigenvalue weighted by Crippen LogP contribution is 2.23. The number of rotatable bonds is 4. The van der Waals surface area contributed by atoms with Gasteiger partial charge in [-0.05, 0) is 24.3 Å². The molecular formula is C14H12ClNO2. The van der Waals surface area contributed by atoms with E-state index in [-0.39, 0.29) is 0 Å². The van der Waals surface area contributed by atoms with Crippen LogP contribution < -0.4 is 10.5 Å². The number of nitrogens with two attached hydrogens (primary N) is 1. The van der Waals surface area contributed by atoms with E-state index in [9.17, 15) is 4.79 Å². The van der Waals surface area contributed by atoms with Crippen molar-refractivity contribution in [3.8, 4) is 5.75 Å². The third kappa shape index (κ3) is 3.02. The first-order valence-electron chi connectivity index (χ1n) is 5.43. The Morgan fingerprint density at radius 3 is 2.22 bits per heavy atom. The fourth-order valence-electron chi connectivity index (χ4n) is 1.57. The van der Waals surface area contributed by atoms with Crippen molar-refractivity contribution in [2.75, 3.05) is 0 Å². The van der Waals surface area contributed by atoms with Crippen LogP contribution in [0.2, 0.25) is 5.02 Å². The molecule has 0 radical (unpaired) electrons. The number of amides is 1. The summed E-state index contributed by atoms with van der Waals surface area (Å²) in [7, 11) is 0. The van der Waals surface area contributed by atoms with Gasteiger partial charge in [0.25, 0.3) is 5.91 Å². The van der Waals surface area contributed by atoms with E-state index < -0.39 is 12.0 Å². The van der Waals surface area contributed by atoms with E-state index in [1.807, 2.05) is 18.2 Å². The largest absolute Gasteiger partial charge is 0.476 e. The standard InChI is InChI=1S/C14H12ClNO2/c15-11-6-8-12(9-7-11)18-13(14(16)17)10-4-2-1-3-5-10/h1-9,13H,(H2,16,17). The summed E-state index contributed by atoms with van der Waals surface area (Å²) >= 11 is 5.78. The fraction of sp³-hybridized carbons (Fsp3) is 0.0714. The summed E-state index contributed by atoms with van der Waals surface area (Å²) in [5.41, 5.74) is 6.08. The van der Waals surface area contributed by atoms with Crippen LogP contribution in [0.1, 0.15) is 11.7 Å². The summed E-state index contributed by atoms with van der Waals surface area (Å²) in [5, 5.41) is 0.609. The summed E-state index contributed by atoms with van der Waals surface area (Å²) in [6.45, 7) is 0. The second kappa shape index (κ2) is 5.56. The molecule has 1 atom stereocenters. The van der Waals surface area contributed by atoms with Crippen molar-refractivity contribution in [3.63, 3.8) is 0 Å². The van der Waals surface area contributed by atoms with E-state index in [0.29, 0.717) is 10.8 Å². The highest BCUT2D eigenvalue weighted by molar-refractivity contribution is 6.30. The van der Waals surface area contributed by atoms with E-state index in [4.69, 9.17) is 22.1 Å². The Morgan fingerprint density at radius 1 is 1.06 bits per heavy atom. The zero-order valence-corrected chi connectivity index (χ0v) is 10.3. The van der Waals surface area contributed by atoms with E-state index >= 15 is 0 Å². The first-order valence-corrected chi connectivity index (χ1v) is 5.81. The Hall–Kier alpha value is -2.00. The van der Waals surface area contributed by atoms with E-state index in [1.54, 1.807) is 36.4 Å². The molecule has 0 bridgehead atoms. The minimum Gasteiger partial charge on any atom is -0.476 e. The van der Waals surface area contributed by atoms with Gasteiger partial charge in [0.1, 0.15) is 5.75 Å². The number of halogens is 1. The molecule has 2 aromatic rings. The van der Waals surface area contributed by atoms with Crippen molar-refractivity contribution in [3.05, 3.63) is 65.2 Å². The Labute approximate surface area is 110 Å². The third-order valence-electron chi connectivity index (χ3n) is 2.43.